The molecule has 118 valence electrons. The van der Waals surface area contributed by atoms with E-state index in [1.807, 2.05) is 20.8 Å². The maximum Gasteiger partial charge on any atom is 0.196 e. The minimum absolute atomic E-state index is 0.0417. The van der Waals surface area contributed by atoms with Gasteiger partial charge in [0.25, 0.3) is 0 Å². The quantitative estimate of drug-likeness (QED) is 0.590. The second-order valence-electron chi connectivity index (χ2n) is 6.87. The number of ketones is 1. The van der Waals surface area contributed by atoms with Crippen LogP contribution in [0.5, 0.6) is 0 Å². The maximum absolute atomic E-state index is 13.9. The van der Waals surface area contributed by atoms with Gasteiger partial charge < -0.3 is 14.2 Å². The van der Waals surface area contributed by atoms with Crippen LogP contribution in [0, 0.1) is 5.92 Å². The minimum atomic E-state index is -1.49. The Bertz CT molecular complexity index is 481. The number of halogens is 1. The molecule has 0 aromatic carbocycles. The topological polar surface area (TPSA) is 51.4 Å². The highest BCUT2D eigenvalue weighted by atomic mass is 19.1. The summed E-state index contributed by atoms with van der Waals surface area (Å²) in [5.41, 5.74) is 0.179. The lowest BCUT2D eigenvalue weighted by molar-refractivity contribution is -0.150. The van der Waals surface area contributed by atoms with Gasteiger partial charge in [-0.1, -0.05) is 11.6 Å². The Labute approximate surface area is 124 Å². The van der Waals surface area contributed by atoms with E-state index in [0.717, 1.165) is 6.42 Å². The highest BCUT2D eigenvalue weighted by molar-refractivity contribution is 5.89. The fraction of sp³-hybridized carbons (Fsp3) is 0.812. The van der Waals surface area contributed by atoms with Crippen LogP contribution in [-0.2, 0) is 19.0 Å². The molecule has 2 saturated heterocycles. The standard InChI is InChI=1S/C16H23FO4/c1-9(2)5-6-11-15(3,21-11)14-13(19-4)12(18)10(17)7-16(14)8-20-16/h5,10-11,13-14H,6-8H2,1-4H3/t10-,11-,13+,14-,15+,16+/m1/s1. The molecule has 4 nitrogen and oxygen atoms in total. The number of carbonyl (C=O) groups is 1. The molecule has 3 rings (SSSR count). The molecule has 0 radical (unpaired) electrons. The van der Waals surface area contributed by atoms with E-state index in [4.69, 9.17) is 14.2 Å². The van der Waals surface area contributed by atoms with Gasteiger partial charge in [0.05, 0.1) is 18.6 Å². The molecule has 0 N–H and O–H groups in total. The highest BCUT2D eigenvalue weighted by Gasteiger charge is 2.73. The Morgan fingerprint density at radius 3 is 2.71 bits per heavy atom. The van der Waals surface area contributed by atoms with Crippen molar-refractivity contribution in [2.45, 2.75) is 63.2 Å². The van der Waals surface area contributed by atoms with Crippen molar-refractivity contribution in [1.29, 1.82) is 0 Å². The Morgan fingerprint density at radius 1 is 1.52 bits per heavy atom. The lowest BCUT2D eigenvalue weighted by Crippen LogP contribution is -2.56. The average molecular weight is 298 g/mol. The van der Waals surface area contributed by atoms with Gasteiger partial charge in [0, 0.05) is 13.5 Å². The summed E-state index contributed by atoms with van der Waals surface area (Å²) < 4.78 is 30.7. The monoisotopic (exact) mass is 298 g/mol. The first-order chi connectivity index (χ1) is 9.84. The van der Waals surface area contributed by atoms with Crippen LogP contribution < -0.4 is 0 Å². The molecule has 21 heavy (non-hydrogen) atoms. The molecular formula is C16H23FO4. The summed E-state index contributed by atoms with van der Waals surface area (Å²) in [5.74, 6) is -0.702. The number of ether oxygens (including phenoxy) is 3. The van der Waals surface area contributed by atoms with E-state index in [2.05, 4.69) is 6.08 Å². The maximum atomic E-state index is 13.9. The van der Waals surface area contributed by atoms with Crippen LogP contribution in [0.1, 0.15) is 33.6 Å². The normalized spacial score (nSPS) is 48.3. The molecule has 0 unspecified atom stereocenters. The van der Waals surface area contributed by atoms with E-state index in [-0.39, 0.29) is 18.4 Å². The molecule has 5 heteroatoms. The van der Waals surface area contributed by atoms with Gasteiger partial charge >= 0.3 is 0 Å². The molecular weight excluding hydrogens is 275 g/mol. The van der Waals surface area contributed by atoms with Gasteiger partial charge in [0.1, 0.15) is 17.3 Å². The molecule has 0 aromatic rings. The van der Waals surface area contributed by atoms with Gasteiger partial charge in [-0.25, -0.2) is 4.39 Å². The van der Waals surface area contributed by atoms with Crippen molar-refractivity contribution in [2.75, 3.05) is 13.7 Å². The van der Waals surface area contributed by atoms with Crippen molar-refractivity contribution in [1.82, 2.24) is 0 Å². The second-order valence-corrected chi connectivity index (χ2v) is 6.87. The number of alkyl halides is 1. The molecule has 2 aliphatic heterocycles. The van der Waals surface area contributed by atoms with Gasteiger partial charge in [-0.05, 0) is 27.2 Å². The third kappa shape index (κ3) is 2.35. The molecule has 1 aliphatic carbocycles. The predicted molar refractivity (Wildman–Crippen MR) is 74.8 cm³/mol. The van der Waals surface area contributed by atoms with E-state index >= 15 is 0 Å². The third-order valence-electron chi connectivity index (χ3n) is 5.09. The van der Waals surface area contributed by atoms with Gasteiger partial charge in [0.15, 0.2) is 12.0 Å². The van der Waals surface area contributed by atoms with E-state index in [1.165, 1.54) is 12.7 Å². The van der Waals surface area contributed by atoms with Crippen LogP contribution in [-0.4, -0.2) is 49.1 Å². The number of Topliss-reactive ketones (excluding diaryl/α,β-unsaturated/α-hetero) is 1. The van der Waals surface area contributed by atoms with Crippen LogP contribution in [0.15, 0.2) is 11.6 Å². The van der Waals surface area contributed by atoms with Gasteiger partial charge in [-0.3, -0.25) is 4.79 Å². The van der Waals surface area contributed by atoms with Crippen molar-refractivity contribution >= 4 is 5.78 Å². The lowest BCUT2D eigenvalue weighted by atomic mass is 9.68. The summed E-state index contributed by atoms with van der Waals surface area (Å²) in [6, 6.07) is 0. The van der Waals surface area contributed by atoms with Crippen molar-refractivity contribution in [3.8, 4) is 0 Å². The van der Waals surface area contributed by atoms with Crippen molar-refractivity contribution < 1.29 is 23.4 Å². The second kappa shape index (κ2) is 4.86. The summed E-state index contributed by atoms with van der Waals surface area (Å²) in [6.45, 7) is 6.56. The first kappa shape index (κ1) is 15.1. The van der Waals surface area contributed by atoms with Crippen LogP contribution in [0.3, 0.4) is 0 Å². The van der Waals surface area contributed by atoms with Gasteiger partial charge in [-0.2, -0.15) is 0 Å². The Morgan fingerprint density at radius 2 is 2.19 bits per heavy atom. The molecule has 0 aromatic heterocycles. The molecule has 0 bridgehead atoms. The van der Waals surface area contributed by atoms with E-state index < -0.39 is 29.3 Å². The summed E-state index contributed by atoms with van der Waals surface area (Å²) in [5, 5.41) is 0. The summed E-state index contributed by atoms with van der Waals surface area (Å²) in [7, 11) is 1.46. The molecule has 2 heterocycles. The lowest BCUT2D eigenvalue weighted by Gasteiger charge is -2.38. The molecule has 3 fully saturated rings. The smallest absolute Gasteiger partial charge is 0.196 e. The van der Waals surface area contributed by atoms with Gasteiger partial charge in [-0.15, -0.1) is 0 Å². The number of carbonyl (C=O) groups excluding carboxylic acids is 1. The summed E-state index contributed by atoms with van der Waals surface area (Å²) in [6.07, 6.45) is 0.825. The largest absolute Gasteiger partial charge is 0.373 e. The molecule has 1 spiro atoms. The Hall–Kier alpha value is -0.780. The van der Waals surface area contributed by atoms with Crippen molar-refractivity contribution in [3.63, 3.8) is 0 Å². The number of rotatable bonds is 4. The fourth-order valence-corrected chi connectivity index (χ4v) is 3.79. The first-order valence-electron chi connectivity index (χ1n) is 7.50. The minimum Gasteiger partial charge on any atom is -0.373 e. The zero-order valence-electron chi connectivity index (χ0n) is 13.0. The van der Waals surface area contributed by atoms with Crippen LogP contribution in [0.2, 0.25) is 0 Å². The number of allylic oxidation sites excluding steroid dienone is 1. The molecule has 6 atom stereocenters. The average Bonchev–Trinajstić information content (AvgIpc) is 3.31. The zero-order valence-corrected chi connectivity index (χ0v) is 13.0. The fourth-order valence-electron chi connectivity index (χ4n) is 3.79. The third-order valence-corrected chi connectivity index (χ3v) is 5.09. The highest BCUT2D eigenvalue weighted by Crippen LogP contribution is 2.59. The summed E-state index contributed by atoms with van der Waals surface area (Å²) >= 11 is 0. The number of methoxy groups -OCH3 is 1. The van der Waals surface area contributed by atoms with E-state index in [9.17, 15) is 9.18 Å². The predicted octanol–water partition coefficient (Wildman–Crippen LogP) is 2.21. The van der Waals surface area contributed by atoms with Gasteiger partial charge in [0.2, 0.25) is 0 Å². The number of hydrogen-bond donors (Lipinski definition) is 0. The molecule has 3 aliphatic rings. The van der Waals surface area contributed by atoms with E-state index in [1.54, 1.807) is 0 Å². The van der Waals surface area contributed by atoms with Crippen LogP contribution in [0.25, 0.3) is 0 Å². The molecule has 0 amide bonds. The van der Waals surface area contributed by atoms with Crippen molar-refractivity contribution in [2.24, 2.45) is 5.92 Å². The Balaban J connectivity index is 1.82. The molecule has 1 saturated carbocycles. The SMILES string of the molecule is CO[C@H]1C(=O)[C@H](F)C[C@]2(CO2)[C@H]1[C@@]1(C)O[C@@H]1CC=C(C)C. The zero-order chi connectivity index (χ0) is 15.4. The summed E-state index contributed by atoms with van der Waals surface area (Å²) in [4.78, 5) is 12.1. The number of epoxide rings is 2. The Kier molecular flexibility index (Phi) is 3.50. The van der Waals surface area contributed by atoms with Crippen LogP contribution in [0.4, 0.5) is 4.39 Å². The van der Waals surface area contributed by atoms with Crippen molar-refractivity contribution in [3.05, 3.63) is 11.6 Å². The first-order valence-corrected chi connectivity index (χ1v) is 7.50. The van der Waals surface area contributed by atoms with Crippen LogP contribution >= 0.6 is 0 Å². The van der Waals surface area contributed by atoms with E-state index in [0.29, 0.717) is 6.61 Å². The number of hydrogen-bond acceptors (Lipinski definition) is 4.